The van der Waals surface area contributed by atoms with E-state index in [-0.39, 0.29) is 17.8 Å². The molecule has 0 spiro atoms. The summed E-state index contributed by atoms with van der Waals surface area (Å²) >= 11 is 0. The SMILES string of the molecule is CN=C1NC(=O)[C@](C)([C@H](C)c2c[nH]c3ccccc23)O1. The maximum Gasteiger partial charge on any atom is 0.292 e. The summed E-state index contributed by atoms with van der Waals surface area (Å²) < 4.78 is 5.72. The van der Waals surface area contributed by atoms with Crippen LogP contribution in [0.3, 0.4) is 0 Å². The van der Waals surface area contributed by atoms with Gasteiger partial charge in [0, 0.05) is 30.1 Å². The second kappa shape index (κ2) is 4.37. The normalized spacial score (nSPS) is 25.8. The van der Waals surface area contributed by atoms with Gasteiger partial charge in [-0.1, -0.05) is 25.1 Å². The predicted molar refractivity (Wildman–Crippen MR) is 77.7 cm³/mol. The summed E-state index contributed by atoms with van der Waals surface area (Å²) in [4.78, 5) is 19.4. The van der Waals surface area contributed by atoms with Crippen molar-refractivity contribution in [1.82, 2.24) is 10.3 Å². The number of aromatic nitrogens is 1. The Morgan fingerprint density at radius 2 is 2.10 bits per heavy atom. The highest BCUT2D eigenvalue weighted by Gasteiger charge is 2.48. The fraction of sp³-hybridized carbons (Fsp3) is 0.333. The standard InChI is InChI=1S/C15H17N3O2/c1-9(15(2)13(19)18-14(16-3)20-15)11-8-17-12-7-5-4-6-10(11)12/h4-9,17H,1-3H3,(H,16,18,19)/t9-,15+/m1/s1. The van der Waals surface area contributed by atoms with Gasteiger partial charge in [-0.2, -0.15) is 0 Å². The summed E-state index contributed by atoms with van der Waals surface area (Å²) in [6.07, 6.45) is 1.94. The predicted octanol–water partition coefficient (Wildman–Crippen LogP) is 2.16. The fourth-order valence-electron chi connectivity index (χ4n) is 2.63. The van der Waals surface area contributed by atoms with Crippen LogP contribution in [0.5, 0.6) is 0 Å². The Morgan fingerprint density at radius 1 is 1.35 bits per heavy atom. The Hall–Kier alpha value is -2.30. The van der Waals surface area contributed by atoms with E-state index in [1.165, 1.54) is 0 Å². The zero-order valence-electron chi connectivity index (χ0n) is 11.7. The Balaban J connectivity index is 2.04. The van der Waals surface area contributed by atoms with Crippen LogP contribution in [0, 0.1) is 0 Å². The molecule has 1 aromatic heterocycles. The van der Waals surface area contributed by atoms with Crippen molar-refractivity contribution in [1.29, 1.82) is 0 Å². The van der Waals surface area contributed by atoms with Gasteiger partial charge < -0.3 is 9.72 Å². The molecule has 3 rings (SSSR count). The number of amidine groups is 1. The molecule has 2 heterocycles. The van der Waals surface area contributed by atoms with Gasteiger partial charge in [-0.25, -0.2) is 4.99 Å². The third-order valence-electron chi connectivity index (χ3n) is 4.10. The van der Waals surface area contributed by atoms with Crippen LogP contribution in [0.15, 0.2) is 35.5 Å². The molecule has 2 atom stereocenters. The van der Waals surface area contributed by atoms with E-state index in [4.69, 9.17) is 4.74 Å². The first-order valence-electron chi connectivity index (χ1n) is 6.59. The van der Waals surface area contributed by atoms with Gasteiger partial charge in [0.2, 0.25) is 0 Å². The molecule has 1 aromatic carbocycles. The lowest BCUT2D eigenvalue weighted by Gasteiger charge is -2.27. The molecule has 5 heteroatoms. The number of H-pyrrole nitrogens is 1. The molecule has 1 fully saturated rings. The lowest BCUT2D eigenvalue weighted by Crippen LogP contribution is -2.40. The number of nitrogens with zero attached hydrogens (tertiary/aromatic N) is 1. The summed E-state index contributed by atoms with van der Waals surface area (Å²) in [5.74, 6) is -0.256. The maximum absolute atomic E-state index is 12.2. The summed E-state index contributed by atoms with van der Waals surface area (Å²) in [6, 6.07) is 8.31. The van der Waals surface area contributed by atoms with E-state index in [1.54, 1.807) is 14.0 Å². The number of rotatable bonds is 2. The van der Waals surface area contributed by atoms with E-state index in [0.717, 1.165) is 16.5 Å². The van der Waals surface area contributed by atoms with Crippen LogP contribution in [-0.2, 0) is 9.53 Å². The number of aromatic amines is 1. The van der Waals surface area contributed by atoms with Crippen molar-refractivity contribution >= 4 is 22.8 Å². The van der Waals surface area contributed by atoms with Crippen molar-refractivity contribution in [3.63, 3.8) is 0 Å². The second-order valence-corrected chi connectivity index (χ2v) is 5.20. The van der Waals surface area contributed by atoms with Crippen LogP contribution in [0.4, 0.5) is 0 Å². The quantitative estimate of drug-likeness (QED) is 0.879. The van der Waals surface area contributed by atoms with Crippen molar-refractivity contribution in [3.8, 4) is 0 Å². The lowest BCUT2D eigenvalue weighted by atomic mass is 9.84. The Bertz CT molecular complexity index is 704. The van der Waals surface area contributed by atoms with E-state index >= 15 is 0 Å². The van der Waals surface area contributed by atoms with E-state index in [0.29, 0.717) is 0 Å². The zero-order chi connectivity index (χ0) is 14.3. The molecule has 1 aliphatic heterocycles. The van der Waals surface area contributed by atoms with E-state index in [2.05, 4.69) is 15.3 Å². The minimum Gasteiger partial charge on any atom is -0.448 e. The molecule has 5 nitrogen and oxygen atoms in total. The molecule has 1 amide bonds. The number of ether oxygens (including phenoxy) is 1. The monoisotopic (exact) mass is 271 g/mol. The molecule has 1 saturated heterocycles. The summed E-state index contributed by atoms with van der Waals surface area (Å²) in [6.45, 7) is 3.79. The third-order valence-corrected chi connectivity index (χ3v) is 4.10. The van der Waals surface area contributed by atoms with Crippen molar-refractivity contribution in [3.05, 3.63) is 36.0 Å². The van der Waals surface area contributed by atoms with Crippen LogP contribution in [0.2, 0.25) is 0 Å². The molecule has 0 saturated carbocycles. The van der Waals surface area contributed by atoms with Gasteiger partial charge in [-0.15, -0.1) is 0 Å². The van der Waals surface area contributed by atoms with Gasteiger partial charge in [0.1, 0.15) is 0 Å². The molecule has 0 aliphatic carbocycles. The first-order valence-corrected chi connectivity index (χ1v) is 6.59. The summed E-state index contributed by atoms with van der Waals surface area (Å²) in [5, 5.41) is 3.77. The zero-order valence-corrected chi connectivity index (χ0v) is 11.7. The summed E-state index contributed by atoms with van der Waals surface area (Å²) in [7, 11) is 1.59. The molecule has 0 bridgehead atoms. The van der Waals surface area contributed by atoms with Crippen molar-refractivity contribution in [2.75, 3.05) is 7.05 Å². The number of hydrogen-bond acceptors (Lipinski definition) is 3. The number of carbonyl (C=O) groups excluding carboxylic acids is 1. The molecule has 1 aliphatic rings. The molecular weight excluding hydrogens is 254 g/mol. The van der Waals surface area contributed by atoms with E-state index in [1.807, 2.05) is 37.4 Å². The fourth-order valence-corrected chi connectivity index (χ4v) is 2.63. The molecule has 0 unspecified atom stereocenters. The van der Waals surface area contributed by atoms with E-state index < -0.39 is 5.60 Å². The molecular formula is C15H17N3O2. The van der Waals surface area contributed by atoms with Crippen LogP contribution < -0.4 is 5.32 Å². The van der Waals surface area contributed by atoms with Gasteiger partial charge in [0.05, 0.1) is 0 Å². The maximum atomic E-state index is 12.2. The van der Waals surface area contributed by atoms with Crippen LogP contribution >= 0.6 is 0 Å². The number of benzene rings is 1. The highest BCUT2D eigenvalue weighted by atomic mass is 16.5. The number of nitrogens with one attached hydrogen (secondary N) is 2. The second-order valence-electron chi connectivity index (χ2n) is 5.20. The number of amides is 1. The van der Waals surface area contributed by atoms with Gasteiger partial charge in [0.15, 0.2) is 5.60 Å². The third kappa shape index (κ3) is 1.70. The van der Waals surface area contributed by atoms with Gasteiger partial charge >= 0.3 is 0 Å². The minimum atomic E-state index is -0.945. The number of aliphatic imine (C=N–C) groups is 1. The molecule has 2 aromatic rings. The highest BCUT2D eigenvalue weighted by molar-refractivity contribution is 6.05. The largest absolute Gasteiger partial charge is 0.448 e. The number of para-hydroxylation sites is 1. The van der Waals surface area contributed by atoms with Crippen molar-refractivity contribution in [2.24, 2.45) is 4.99 Å². The Kier molecular flexibility index (Phi) is 2.78. The van der Waals surface area contributed by atoms with E-state index in [9.17, 15) is 4.79 Å². The van der Waals surface area contributed by atoms with Crippen molar-refractivity contribution < 1.29 is 9.53 Å². The van der Waals surface area contributed by atoms with Gasteiger partial charge in [0.25, 0.3) is 11.9 Å². The average molecular weight is 271 g/mol. The molecule has 104 valence electrons. The average Bonchev–Trinajstić information content (AvgIpc) is 3.01. The lowest BCUT2D eigenvalue weighted by molar-refractivity contribution is -0.131. The first-order chi connectivity index (χ1) is 9.56. The van der Waals surface area contributed by atoms with Crippen LogP contribution in [0.25, 0.3) is 10.9 Å². The number of fused-ring (bicyclic) bond motifs is 1. The first kappa shape index (κ1) is 12.7. The molecule has 20 heavy (non-hydrogen) atoms. The molecule has 2 N–H and O–H groups in total. The van der Waals surface area contributed by atoms with Gasteiger partial charge in [-0.05, 0) is 18.6 Å². The van der Waals surface area contributed by atoms with Crippen LogP contribution in [0.1, 0.15) is 25.3 Å². The van der Waals surface area contributed by atoms with Crippen molar-refractivity contribution in [2.45, 2.75) is 25.4 Å². The summed E-state index contributed by atoms with van der Waals surface area (Å²) in [5.41, 5.74) is 1.18. The van der Waals surface area contributed by atoms with Gasteiger partial charge in [-0.3, -0.25) is 10.1 Å². The molecule has 0 radical (unpaired) electrons. The minimum absolute atomic E-state index is 0.0992. The number of hydrogen-bond donors (Lipinski definition) is 2. The Morgan fingerprint density at radius 3 is 2.80 bits per heavy atom. The number of carbonyl (C=O) groups is 1. The Labute approximate surface area is 117 Å². The van der Waals surface area contributed by atoms with Crippen LogP contribution in [-0.4, -0.2) is 29.6 Å². The highest BCUT2D eigenvalue weighted by Crippen LogP contribution is 2.37. The smallest absolute Gasteiger partial charge is 0.292 e. The topological polar surface area (TPSA) is 66.5 Å².